The van der Waals surface area contributed by atoms with Gasteiger partial charge in [-0.1, -0.05) is 25.1 Å². The van der Waals surface area contributed by atoms with Gasteiger partial charge in [-0.05, 0) is 42.7 Å². The number of allylic oxidation sites excluding steroid dienone is 1. The third kappa shape index (κ3) is 4.21. The van der Waals surface area contributed by atoms with Crippen LogP contribution in [0.15, 0.2) is 36.1 Å². The van der Waals surface area contributed by atoms with Crippen LogP contribution in [0.25, 0.3) is 0 Å². The van der Waals surface area contributed by atoms with Crippen LogP contribution < -0.4 is 0 Å². The van der Waals surface area contributed by atoms with Crippen LogP contribution in [0.5, 0.6) is 0 Å². The quantitative estimate of drug-likeness (QED) is 0.798. The van der Waals surface area contributed by atoms with Crippen LogP contribution in [-0.4, -0.2) is 62.3 Å². The van der Waals surface area contributed by atoms with E-state index >= 15 is 0 Å². The van der Waals surface area contributed by atoms with Gasteiger partial charge in [0.2, 0.25) is 0 Å². The van der Waals surface area contributed by atoms with Gasteiger partial charge in [-0.15, -0.1) is 0 Å². The predicted octanol–water partition coefficient (Wildman–Crippen LogP) is 3.33. The Balaban J connectivity index is 1.25. The maximum absolute atomic E-state index is 6.15. The van der Waals surface area contributed by atoms with E-state index in [2.05, 4.69) is 53.2 Å². The van der Waals surface area contributed by atoms with Crippen molar-refractivity contribution in [2.24, 2.45) is 0 Å². The molecule has 2 aliphatic heterocycles. The van der Waals surface area contributed by atoms with Crippen molar-refractivity contribution < 1.29 is 9.47 Å². The second-order valence-corrected chi connectivity index (χ2v) is 7.83. The fraction of sp³-hybridized carbons (Fsp3) is 0.565. The Hall–Kier alpha value is -1.80. The maximum atomic E-state index is 6.15. The molecule has 4 heteroatoms. The van der Waals surface area contributed by atoms with E-state index < -0.39 is 0 Å². The van der Waals surface area contributed by atoms with Crippen LogP contribution in [0, 0.1) is 12.1 Å². The van der Waals surface area contributed by atoms with E-state index in [9.17, 15) is 0 Å². The van der Waals surface area contributed by atoms with E-state index in [0.717, 1.165) is 57.9 Å². The summed E-state index contributed by atoms with van der Waals surface area (Å²) in [7, 11) is 1.74. The van der Waals surface area contributed by atoms with Gasteiger partial charge in [0.05, 0.1) is 19.8 Å². The molecule has 3 unspecified atom stereocenters. The van der Waals surface area contributed by atoms with E-state index in [1.165, 1.54) is 11.1 Å². The Morgan fingerprint density at radius 2 is 2.11 bits per heavy atom. The molecule has 1 fully saturated rings. The van der Waals surface area contributed by atoms with Gasteiger partial charge in [0, 0.05) is 50.2 Å². The lowest BCUT2D eigenvalue weighted by Gasteiger charge is -2.39. The van der Waals surface area contributed by atoms with Crippen molar-refractivity contribution >= 4 is 0 Å². The van der Waals surface area contributed by atoms with Crippen LogP contribution in [0.3, 0.4) is 0 Å². The molecule has 3 atom stereocenters. The molecule has 27 heavy (non-hydrogen) atoms. The average molecular weight is 367 g/mol. The highest BCUT2D eigenvalue weighted by atomic mass is 16.5. The van der Waals surface area contributed by atoms with Crippen molar-refractivity contribution in [1.82, 2.24) is 9.80 Å². The second kappa shape index (κ2) is 8.48. The highest BCUT2D eigenvalue weighted by molar-refractivity contribution is 5.30. The van der Waals surface area contributed by atoms with Crippen LogP contribution >= 0.6 is 0 Å². The van der Waals surface area contributed by atoms with Crippen LogP contribution in [0.1, 0.15) is 42.9 Å². The molecule has 2 heterocycles. The first-order chi connectivity index (χ1) is 13.2. The minimum Gasteiger partial charge on any atom is -0.497 e. The number of rotatable bonds is 5. The molecule has 0 bridgehead atoms. The molecule has 3 aliphatic rings. The Bertz CT molecular complexity index is 691. The zero-order chi connectivity index (χ0) is 18.6. The molecule has 0 spiro atoms. The summed E-state index contributed by atoms with van der Waals surface area (Å²) in [5, 5.41) is 0. The molecule has 0 amide bonds. The van der Waals surface area contributed by atoms with Crippen LogP contribution in [0.4, 0.5) is 0 Å². The Kier molecular flexibility index (Phi) is 5.83. The molecule has 1 aromatic rings. The molecule has 0 aromatic heterocycles. The van der Waals surface area contributed by atoms with Gasteiger partial charge in [-0.3, -0.25) is 4.90 Å². The SMILES string of the molecule is COC1=CCC(N2CCN(CCC3OCC(C)c4c#cccc43)CC2)C=C1. The Labute approximate surface area is 163 Å². The smallest absolute Gasteiger partial charge is 0.114 e. The molecule has 1 aromatic carbocycles. The van der Waals surface area contributed by atoms with Crippen molar-refractivity contribution in [2.45, 2.75) is 37.8 Å². The third-order valence-electron chi connectivity index (χ3n) is 6.11. The van der Waals surface area contributed by atoms with Gasteiger partial charge in [0.15, 0.2) is 0 Å². The maximum Gasteiger partial charge on any atom is 0.114 e. The lowest BCUT2D eigenvalue weighted by Crippen LogP contribution is -2.50. The first-order valence-corrected chi connectivity index (χ1v) is 10.2. The van der Waals surface area contributed by atoms with Crippen LogP contribution in [-0.2, 0) is 9.47 Å². The fourth-order valence-corrected chi connectivity index (χ4v) is 4.40. The summed E-state index contributed by atoms with van der Waals surface area (Å²) in [5.74, 6) is 1.41. The normalized spacial score (nSPS) is 29.0. The van der Waals surface area contributed by atoms with Crippen LogP contribution in [0.2, 0.25) is 0 Å². The standard InChI is InChI=1S/C23H30N2O2/c1-18-17-27-23(22-6-4-3-5-21(18)22)11-12-24-13-15-25(16-14-24)19-7-9-20(26-2)10-8-19/h4,6-7,9-10,18-19,23H,8,11-17H2,1-2H3. The number of piperazine rings is 1. The van der Waals surface area contributed by atoms with Crippen molar-refractivity contribution in [1.29, 1.82) is 0 Å². The van der Waals surface area contributed by atoms with Crippen molar-refractivity contribution in [2.75, 3.05) is 46.4 Å². The molecule has 4 rings (SSSR count). The van der Waals surface area contributed by atoms with Crippen molar-refractivity contribution in [3.8, 4) is 0 Å². The third-order valence-corrected chi connectivity index (χ3v) is 6.11. The van der Waals surface area contributed by atoms with Gasteiger partial charge in [0.1, 0.15) is 5.76 Å². The summed E-state index contributed by atoms with van der Waals surface area (Å²) in [6.45, 7) is 8.64. The molecule has 0 radical (unpaired) electrons. The molecule has 144 valence electrons. The first-order valence-electron chi connectivity index (χ1n) is 10.2. The Morgan fingerprint density at radius 1 is 1.26 bits per heavy atom. The molecule has 0 saturated carbocycles. The number of methoxy groups -OCH3 is 1. The van der Waals surface area contributed by atoms with E-state index in [4.69, 9.17) is 9.47 Å². The molecule has 4 nitrogen and oxygen atoms in total. The molecular formula is C23H30N2O2. The lowest BCUT2D eigenvalue weighted by atomic mass is 9.91. The van der Waals surface area contributed by atoms with Crippen molar-refractivity contribution in [3.63, 3.8) is 0 Å². The van der Waals surface area contributed by atoms with Gasteiger partial charge in [-0.2, -0.15) is 0 Å². The van der Waals surface area contributed by atoms with Crippen molar-refractivity contribution in [3.05, 3.63) is 59.4 Å². The zero-order valence-corrected chi connectivity index (χ0v) is 16.5. The summed E-state index contributed by atoms with van der Waals surface area (Å²) in [4.78, 5) is 5.17. The van der Waals surface area contributed by atoms with E-state index in [0.29, 0.717) is 12.0 Å². The summed E-state index contributed by atoms with van der Waals surface area (Å²) >= 11 is 0. The summed E-state index contributed by atoms with van der Waals surface area (Å²) in [6, 6.07) is 11.1. The molecule has 1 aliphatic carbocycles. The van der Waals surface area contributed by atoms with Gasteiger partial charge < -0.3 is 14.4 Å². The summed E-state index contributed by atoms with van der Waals surface area (Å²) in [6.07, 6.45) is 8.91. The zero-order valence-electron chi connectivity index (χ0n) is 16.5. The molecular weight excluding hydrogens is 336 g/mol. The largest absolute Gasteiger partial charge is 0.497 e. The Morgan fingerprint density at radius 3 is 2.85 bits per heavy atom. The van der Waals surface area contributed by atoms with Gasteiger partial charge >= 0.3 is 0 Å². The number of ether oxygens (including phenoxy) is 2. The summed E-state index contributed by atoms with van der Waals surface area (Å²) in [5.41, 5.74) is 2.62. The average Bonchev–Trinajstić information content (AvgIpc) is 2.74. The number of hydrogen-bond donors (Lipinski definition) is 0. The lowest BCUT2D eigenvalue weighted by molar-refractivity contribution is 0.0139. The minimum absolute atomic E-state index is 0.207. The van der Waals surface area contributed by atoms with Gasteiger partial charge in [0.25, 0.3) is 0 Å². The molecule has 1 saturated heterocycles. The molecule has 0 N–H and O–H groups in total. The highest BCUT2D eigenvalue weighted by Gasteiger charge is 2.27. The number of hydrogen-bond acceptors (Lipinski definition) is 4. The predicted molar refractivity (Wildman–Crippen MR) is 106 cm³/mol. The minimum atomic E-state index is 0.207. The highest BCUT2D eigenvalue weighted by Crippen LogP contribution is 2.34. The monoisotopic (exact) mass is 366 g/mol. The number of fused-ring (bicyclic) bond motifs is 1. The summed E-state index contributed by atoms with van der Waals surface area (Å²) < 4.78 is 11.4. The van der Waals surface area contributed by atoms with Gasteiger partial charge in [-0.25, -0.2) is 0 Å². The van der Waals surface area contributed by atoms with E-state index in [1.54, 1.807) is 7.11 Å². The number of nitrogens with zero attached hydrogens (tertiary/aromatic N) is 2. The second-order valence-electron chi connectivity index (χ2n) is 7.83. The van der Waals surface area contributed by atoms with E-state index in [-0.39, 0.29) is 6.10 Å². The fourth-order valence-electron chi connectivity index (χ4n) is 4.40. The topological polar surface area (TPSA) is 24.9 Å². The van der Waals surface area contributed by atoms with E-state index in [1.807, 2.05) is 6.07 Å². The first kappa shape index (κ1) is 18.6.